The van der Waals surface area contributed by atoms with Crippen LogP contribution in [0.3, 0.4) is 0 Å². The van der Waals surface area contributed by atoms with Crippen molar-refractivity contribution < 1.29 is 14.0 Å². The number of hydrogen-bond acceptors (Lipinski definition) is 3. The summed E-state index contributed by atoms with van der Waals surface area (Å²) in [5.41, 5.74) is 3.63. The molecule has 0 aromatic heterocycles. The van der Waals surface area contributed by atoms with Gasteiger partial charge in [0.1, 0.15) is 5.82 Å². The van der Waals surface area contributed by atoms with Crippen molar-refractivity contribution in [1.82, 2.24) is 0 Å². The van der Waals surface area contributed by atoms with E-state index in [1.54, 1.807) is 23.1 Å². The number of halogens is 1. The van der Waals surface area contributed by atoms with Crippen molar-refractivity contribution in [3.63, 3.8) is 0 Å². The lowest BCUT2D eigenvalue weighted by atomic mass is 10.1. The Bertz CT molecular complexity index is 881. The Hall–Kier alpha value is -2.89. The Morgan fingerprint density at radius 3 is 2.84 bits per heavy atom. The third kappa shape index (κ3) is 2.63. The number of amides is 2. The van der Waals surface area contributed by atoms with Crippen molar-refractivity contribution in [2.45, 2.75) is 13.3 Å². The van der Waals surface area contributed by atoms with Crippen LogP contribution in [0.15, 0.2) is 36.4 Å². The molecule has 0 atom stereocenters. The summed E-state index contributed by atoms with van der Waals surface area (Å²) < 4.78 is 13.6. The van der Waals surface area contributed by atoms with Crippen LogP contribution in [0.1, 0.15) is 22.8 Å². The monoisotopic (exact) mass is 339 g/mol. The van der Waals surface area contributed by atoms with Gasteiger partial charge in [0.2, 0.25) is 5.91 Å². The van der Waals surface area contributed by atoms with E-state index in [9.17, 15) is 14.0 Å². The van der Waals surface area contributed by atoms with Gasteiger partial charge in [0.15, 0.2) is 0 Å². The van der Waals surface area contributed by atoms with Crippen LogP contribution in [0.4, 0.5) is 21.5 Å². The summed E-state index contributed by atoms with van der Waals surface area (Å²) in [6.07, 6.45) is 0.715. The fraction of sp³-hybridized carbons (Fsp3) is 0.263. The number of nitrogens with zero attached hydrogens (tertiary/aromatic N) is 2. The minimum absolute atomic E-state index is 0.0902. The molecule has 6 heteroatoms. The van der Waals surface area contributed by atoms with Gasteiger partial charge in [-0.1, -0.05) is 6.07 Å². The molecule has 0 radical (unpaired) electrons. The molecule has 0 bridgehead atoms. The summed E-state index contributed by atoms with van der Waals surface area (Å²) in [5.74, 6) is -0.627. The summed E-state index contributed by atoms with van der Waals surface area (Å²) >= 11 is 0. The first kappa shape index (κ1) is 15.6. The molecule has 0 spiro atoms. The van der Waals surface area contributed by atoms with E-state index in [-0.39, 0.29) is 17.6 Å². The Morgan fingerprint density at radius 1 is 1.20 bits per heavy atom. The summed E-state index contributed by atoms with van der Waals surface area (Å²) in [6.45, 7) is 3.54. The van der Waals surface area contributed by atoms with E-state index in [0.29, 0.717) is 43.0 Å². The normalized spacial score (nSPS) is 15.7. The molecular formula is C19H18FN3O2. The van der Waals surface area contributed by atoms with Crippen molar-refractivity contribution in [3.8, 4) is 0 Å². The average Bonchev–Trinajstić information content (AvgIpc) is 3.02. The molecule has 2 aromatic carbocycles. The van der Waals surface area contributed by atoms with Crippen LogP contribution in [0.5, 0.6) is 0 Å². The van der Waals surface area contributed by atoms with Gasteiger partial charge in [0.25, 0.3) is 5.91 Å². The molecule has 0 saturated carbocycles. The van der Waals surface area contributed by atoms with E-state index < -0.39 is 0 Å². The lowest BCUT2D eigenvalue weighted by Crippen LogP contribution is -2.38. The highest BCUT2D eigenvalue weighted by Crippen LogP contribution is 2.33. The smallest absolute Gasteiger partial charge is 0.258 e. The molecule has 128 valence electrons. The van der Waals surface area contributed by atoms with Crippen molar-refractivity contribution in [2.75, 3.05) is 34.8 Å². The Kier molecular flexibility index (Phi) is 3.67. The zero-order chi connectivity index (χ0) is 17.6. The molecule has 2 aliphatic heterocycles. The second-order valence-corrected chi connectivity index (χ2v) is 6.27. The molecule has 2 amide bonds. The second-order valence-electron chi connectivity index (χ2n) is 6.27. The molecule has 1 N–H and O–H groups in total. The zero-order valence-corrected chi connectivity index (χ0v) is 13.9. The van der Waals surface area contributed by atoms with Gasteiger partial charge in [0.05, 0.1) is 23.6 Å². The van der Waals surface area contributed by atoms with E-state index in [2.05, 4.69) is 5.32 Å². The number of nitrogens with one attached hydrogen (secondary N) is 1. The molecule has 4 rings (SSSR count). The number of hydrogen-bond donors (Lipinski definition) is 1. The van der Waals surface area contributed by atoms with Gasteiger partial charge < -0.3 is 15.1 Å². The van der Waals surface area contributed by atoms with Crippen molar-refractivity contribution in [3.05, 3.63) is 53.3 Å². The number of rotatable bonds is 2. The third-order valence-corrected chi connectivity index (χ3v) is 4.76. The maximum Gasteiger partial charge on any atom is 0.258 e. The number of carbonyl (C=O) groups is 2. The van der Waals surface area contributed by atoms with E-state index in [0.717, 1.165) is 11.3 Å². The maximum absolute atomic E-state index is 13.6. The third-order valence-electron chi connectivity index (χ3n) is 4.76. The molecule has 2 aromatic rings. The van der Waals surface area contributed by atoms with Gasteiger partial charge >= 0.3 is 0 Å². The van der Waals surface area contributed by atoms with Gasteiger partial charge in [-0.15, -0.1) is 0 Å². The van der Waals surface area contributed by atoms with Gasteiger partial charge in [0, 0.05) is 18.7 Å². The predicted octanol–water partition coefficient (Wildman–Crippen LogP) is 2.81. The second kappa shape index (κ2) is 5.88. The molecule has 0 unspecified atom stereocenters. The lowest BCUT2D eigenvalue weighted by Gasteiger charge is -2.30. The standard InChI is InChI=1S/C19H18FN3O2/c1-2-22-11-18(24)21-15-9-13(4-6-16(15)22)19(25)23-8-7-12-3-5-14(20)10-17(12)23/h3-6,9-10H,2,7-8,11H2,1H3,(H,21,24). The maximum atomic E-state index is 13.6. The first-order valence-corrected chi connectivity index (χ1v) is 8.36. The molecule has 5 nitrogen and oxygen atoms in total. The number of fused-ring (bicyclic) bond motifs is 2. The number of likely N-dealkylation sites (N-methyl/N-ethyl adjacent to an activating group) is 1. The van der Waals surface area contributed by atoms with E-state index in [1.165, 1.54) is 12.1 Å². The fourth-order valence-corrected chi connectivity index (χ4v) is 3.49. The Morgan fingerprint density at radius 2 is 2.04 bits per heavy atom. The quantitative estimate of drug-likeness (QED) is 0.915. The molecule has 0 aliphatic carbocycles. The molecular weight excluding hydrogens is 321 g/mol. The minimum atomic E-state index is -0.352. The van der Waals surface area contributed by atoms with Crippen LogP contribution < -0.4 is 15.1 Å². The van der Waals surface area contributed by atoms with Gasteiger partial charge in [-0.25, -0.2) is 4.39 Å². The van der Waals surface area contributed by atoms with Gasteiger partial charge in [-0.3, -0.25) is 9.59 Å². The van der Waals surface area contributed by atoms with Crippen molar-refractivity contribution in [2.24, 2.45) is 0 Å². The van der Waals surface area contributed by atoms with Gasteiger partial charge in [-0.05, 0) is 49.2 Å². The average molecular weight is 339 g/mol. The highest BCUT2D eigenvalue weighted by atomic mass is 19.1. The summed E-state index contributed by atoms with van der Waals surface area (Å²) in [4.78, 5) is 28.3. The van der Waals surface area contributed by atoms with Crippen LogP contribution in [-0.4, -0.2) is 31.4 Å². The first-order chi connectivity index (χ1) is 12.1. The zero-order valence-electron chi connectivity index (χ0n) is 13.9. The van der Waals surface area contributed by atoms with Crippen LogP contribution in [0.25, 0.3) is 0 Å². The minimum Gasteiger partial charge on any atom is -0.361 e. The number of benzene rings is 2. The van der Waals surface area contributed by atoms with Crippen LogP contribution >= 0.6 is 0 Å². The number of anilines is 3. The SMILES string of the molecule is CCN1CC(=O)Nc2cc(C(=O)N3CCc4ccc(F)cc43)ccc21. The first-order valence-electron chi connectivity index (χ1n) is 8.36. The predicted molar refractivity (Wildman–Crippen MR) is 94.7 cm³/mol. The topological polar surface area (TPSA) is 52.7 Å². The van der Waals surface area contributed by atoms with Crippen LogP contribution in [-0.2, 0) is 11.2 Å². The summed E-state index contributed by atoms with van der Waals surface area (Å²) in [5, 5.41) is 2.83. The van der Waals surface area contributed by atoms with Crippen molar-refractivity contribution >= 4 is 28.9 Å². The molecule has 2 heterocycles. The highest BCUT2D eigenvalue weighted by molar-refractivity contribution is 6.10. The van der Waals surface area contributed by atoms with E-state index in [1.807, 2.05) is 17.9 Å². The molecule has 25 heavy (non-hydrogen) atoms. The largest absolute Gasteiger partial charge is 0.361 e. The fourth-order valence-electron chi connectivity index (χ4n) is 3.49. The van der Waals surface area contributed by atoms with E-state index >= 15 is 0 Å². The molecule has 0 saturated heterocycles. The Balaban J connectivity index is 1.68. The van der Waals surface area contributed by atoms with Crippen LogP contribution in [0, 0.1) is 5.82 Å². The molecule has 0 fully saturated rings. The van der Waals surface area contributed by atoms with Crippen LogP contribution in [0.2, 0.25) is 0 Å². The summed E-state index contributed by atoms with van der Waals surface area (Å²) in [7, 11) is 0. The Labute approximate surface area is 145 Å². The van der Waals surface area contributed by atoms with Crippen molar-refractivity contribution in [1.29, 1.82) is 0 Å². The summed E-state index contributed by atoms with van der Waals surface area (Å²) in [6, 6.07) is 9.87. The lowest BCUT2D eigenvalue weighted by molar-refractivity contribution is -0.115. The number of carbonyl (C=O) groups excluding carboxylic acids is 2. The highest BCUT2D eigenvalue weighted by Gasteiger charge is 2.28. The van der Waals surface area contributed by atoms with E-state index in [4.69, 9.17) is 0 Å². The van der Waals surface area contributed by atoms with Gasteiger partial charge in [-0.2, -0.15) is 0 Å². The molecule has 2 aliphatic rings.